The van der Waals surface area contributed by atoms with Crippen molar-refractivity contribution in [2.45, 2.75) is 51.6 Å². The Hall–Kier alpha value is 0.310. The lowest BCUT2D eigenvalue weighted by atomic mass is 9.69. The van der Waals surface area contributed by atoms with Crippen molar-refractivity contribution in [2.24, 2.45) is 5.41 Å². The third kappa shape index (κ3) is 4.45. The third-order valence-corrected chi connectivity index (χ3v) is 4.93. The Morgan fingerprint density at radius 2 is 2.11 bits per heavy atom. The summed E-state index contributed by atoms with van der Waals surface area (Å²) < 4.78 is 28.8. The van der Waals surface area contributed by atoms with E-state index in [1.54, 1.807) is 0 Å². The maximum atomic E-state index is 12.1. The second-order valence-corrected chi connectivity index (χ2v) is 7.85. The molecule has 0 saturated heterocycles. The second kappa shape index (κ2) is 6.65. The maximum Gasteiger partial charge on any atom is 0.264 e. The second-order valence-electron chi connectivity index (χ2n) is 5.17. The molecule has 1 fully saturated rings. The van der Waals surface area contributed by atoms with Gasteiger partial charge in [-0.15, -0.1) is 0 Å². The van der Waals surface area contributed by atoms with Crippen molar-refractivity contribution in [3.63, 3.8) is 0 Å². The van der Waals surface area contributed by atoms with Crippen LogP contribution in [0.25, 0.3) is 0 Å². The molecule has 0 unspecified atom stereocenters. The summed E-state index contributed by atoms with van der Waals surface area (Å²) in [5, 5.41) is 0. The summed E-state index contributed by atoms with van der Waals surface area (Å²) >= 11 is 2.31. The van der Waals surface area contributed by atoms with Gasteiger partial charge in [-0.3, -0.25) is 8.98 Å². The Bertz CT molecular complexity index is 393. The van der Waals surface area contributed by atoms with Crippen LogP contribution in [-0.4, -0.2) is 31.0 Å². The number of rotatable bonds is 6. The third-order valence-electron chi connectivity index (χ3n) is 3.59. The molecule has 0 aliphatic heterocycles. The smallest absolute Gasteiger partial charge is 0.264 e. The van der Waals surface area contributed by atoms with Crippen LogP contribution in [0.2, 0.25) is 0 Å². The van der Waals surface area contributed by atoms with Crippen molar-refractivity contribution in [2.75, 3.05) is 10.7 Å². The van der Waals surface area contributed by atoms with Crippen LogP contribution < -0.4 is 0 Å². The highest BCUT2D eigenvalue weighted by Gasteiger charge is 2.45. The van der Waals surface area contributed by atoms with E-state index >= 15 is 0 Å². The lowest BCUT2D eigenvalue weighted by molar-refractivity contribution is -0.137. The van der Waals surface area contributed by atoms with Gasteiger partial charge >= 0.3 is 0 Å². The van der Waals surface area contributed by atoms with Gasteiger partial charge in [0.1, 0.15) is 5.78 Å². The fourth-order valence-electron chi connectivity index (χ4n) is 2.48. The molecule has 0 radical (unpaired) electrons. The fraction of sp³-hybridized carbons (Fsp3) is 0.917. The molecule has 1 rings (SSSR count). The number of carbonyl (C=O) groups is 1. The monoisotopic (exact) mass is 388 g/mol. The van der Waals surface area contributed by atoms with E-state index in [1.165, 1.54) is 0 Å². The number of hydrogen-bond donors (Lipinski definition) is 0. The average molecular weight is 388 g/mol. The summed E-state index contributed by atoms with van der Waals surface area (Å²) in [5.41, 5.74) is -0.632. The molecule has 0 amide bonds. The summed E-state index contributed by atoms with van der Waals surface area (Å²) in [6.07, 6.45) is 5.20. The van der Waals surface area contributed by atoms with Gasteiger partial charge in [-0.1, -0.05) is 35.9 Å². The van der Waals surface area contributed by atoms with E-state index < -0.39 is 21.6 Å². The van der Waals surface area contributed by atoms with Crippen LogP contribution in [0.4, 0.5) is 0 Å². The topological polar surface area (TPSA) is 60.4 Å². The van der Waals surface area contributed by atoms with E-state index in [9.17, 15) is 13.2 Å². The molecule has 4 nitrogen and oxygen atoms in total. The van der Waals surface area contributed by atoms with Crippen LogP contribution >= 0.6 is 22.6 Å². The highest BCUT2D eigenvalue weighted by atomic mass is 127. The zero-order valence-corrected chi connectivity index (χ0v) is 13.9. The van der Waals surface area contributed by atoms with Crippen LogP contribution in [0.15, 0.2) is 0 Å². The molecule has 1 saturated carbocycles. The number of halogens is 1. The normalized spacial score (nSPS) is 29.5. The molecule has 0 aromatic rings. The van der Waals surface area contributed by atoms with Gasteiger partial charge in [-0.25, -0.2) is 0 Å². The molecule has 6 heteroatoms. The Morgan fingerprint density at radius 1 is 1.44 bits per heavy atom. The van der Waals surface area contributed by atoms with Gasteiger partial charge < -0.3 is 0 Å². The van der Waals surface area contributed by atoms with E-state index in [-0.39, 0.29) is 5.78 Å². The van der Waals surface area contributed by atoms with Crippen LogP contribution in [0.5, 0.6) is 0 Å². The molecule has 0 aromatic heterocycles. The van der Waals surface area contributed by atoms with Crippen LogP contribution in [-0.2, 0) is 19.1 Å². The Labute approximate surface area is 123 Å². The van der Waals surface area contributed by atoms with Gasteiger partial charge in [0, 0.05) is 6.42 Å². The van der Waals surface area contributed by atoms with Crippen molar-refractivity contribution in [1.82, 2.24) is 0 Å². The molecule has 0 bridgehead atoms. The molecule has 1 aliphatic rings. The van der Waals surface area contributed by atoms with E-state index in [2.05, 4.69) is 22.6 Å². The number of carbonyl (C=O) groups excluding carboxylic acids is 1. The van der Waals surface area contributed by atoms with Crippen LogP contribution in [0.1, 0.15) is 45.4 Å². The van der Waals surface area contributed by atoms with Crippen molar-refractivity contribution in [1.29, 1.82) is 0 Å². The fourth-order valence-corrected chi connectivity index (χ4v) is 3.75. The lowest BCUT2D eigenvalue weighted by Gasteiger charge is -2.39. The SMILES string of the molecule is C[C@@]1(CCCCI)C(=O)CCC[C@@H]1OS(C)(=O)=O. The van der Waals surface area contributed by atoms with E-state index in [0.29, 0.717) is 12.8 Å². The van der Waals surface area contributed by atoms with Crippen molar-refractivity contribution in [3.8, 4) is 0 Å². The minimum atomic E-state index is -3.50. The summed E-state index contributed by atoms with van der Waals surface area (Å²) in [7, 11) is -3.50. The standard InChI is InChI=1S/C12H21IO4S/c1-12(8-3-4-9-13)10(14)6-5-7-11(12)17-18(2,15)16/h11H,3-9H2,1-2H3/t11-,12+/m0/s1. The van der Waals surface area contributed by atoms with Gasteiger partial charge in [-0.2, -0.15) is 8.42 Å². The highest BCUT2D eigenvalue weighted by Crippen LogP contribution is 2.40. The van der Waals surface area contributed by atoms with Crippen molar-refractivity contribution < 1.29 is 17.4 Å². The van der Waals surface area contributed by atoms with Gasteiger partial charge in [0.05, 0.1) is 17.8 Å². The number of ketones is 1. The first kappa shape index (κ1) is 16.4. The molecular weight excluding hydrogens is 367 g/mol. The molecule has 0 heterocycles. The summed E-state index contributed by atoms with van der Waals surface area (Å²) in [5.74, 6) is 0.149. The number of unbranched alkanes of at least 4 members (excludes halogenated alkanes) is 1. The van der Waals surface area contributed by atoms with Crippen molar-refractivity contribution >= 4 is 38.5 Å². The molecular formula is C12H21IO4S. The van der Waals surface area contributed by atoms with E-state index in [0.717, 1.165) is 36.4 Å². The van der Waals surface area contributed by atoms with E-state index in [4.69, 9.17) is 4.18 Å². The van der Waals surface area contributed by atoms with Crippen LogP contribution in [0, 0.1) is 5.41 Å². The average Bonchev–Trinajstić information content (AvgIpc) is 2.24. The van der Waals surface area contributed by atoms with Crippen LogP contribution in [0.3, 0.4) is 0 Å². The molecule has 1 aliphatic carbocycles. The Balaban J connectivity index is 2.80. The molecule has 0 spiro atoms. The Kier molecular flexibility index (Phi) is 6.05. The molecule has 18 heavy (non-hydrogen) atoms. The summed E-state index contributed by atoms with van der Waals surface area (Å²) in [6.45, 7) is 1.86. The minimum absolute atomic E-state index is 0.149. The van der Waals surface area contributed by atoms with Gasteiger partial charge in [-0.05, 0) is 30.1 Å². The first-order valence-corrected chi connectivity index (χ1v) is 9.61. The quantitative estimate of drug-likeness (QED) is 0.304. The predicted octanol–water partition coefficient (Wildman–Crippen LogP) is 2.70. The lowest BCUT2D eigenvalue weighted by Crippen LogP contribution is -2.45. The highest BCUT2D eigenvalue weighted by molar-refractivity contribution is 14.1. The zero-order valence-electron chi connectivity index (χ0n) is 10.9. The molecule has 0 N–H and O–H groups in total. The molecule has 0 aromatic carbocycles. The van der Waals surface area contributed by atoms with Gasteiger partial charge in [0.15, 0.2) is 0 Å². The minimum Gasteiger partial charge on any atom is -0.299 e. The Morgan fingerprint density at radius 3 is 2.67 bits per heavy atom. The van der Waals surface area contributed by atoms with Crippen molar-refractivity contribution in [3.05, 3.63) is 0 Å². The summed E-state index contributed by atoms with van der Waals surface area (Å²) in [4.78, 5) is 12.1. The maximum absolute atomic E-state index is 12.1. The zero-order chi connectivity index (χ0) is 13.8. The predicted molar refractivity (Wildman–Crippen MR) is 79.4 cm³/mol. The number of alkyl halides is 1. The summed E-state index contributed by atoms with van der Waals surface area (Å²) in [6, 6.07) is 0. The largest absolute Gasteiger partial charge is 0.299 e. The van der Waals surface area contributed by atoms with Gasteiger partial charge in [0.2, 0.25) is 0 Å². The molecule has 106 valence electrons. The number of Topliss-reactive ketones (excluding diaryl/α,β-unsaturated/α-hetero) is 1. The molecule has 2 atom stereocenters. The van der Waals surface area contributed by atoms with E-state index in [1.807, 2.05) is 6.92 Å². The number of hydrogen-bond acceptors (Lipinski definition) is 4. The first-order chi connectivity index (χ1) is 8.29. The van der Waals surface area contributed by atoms with Gasteiger partial charge in [0.25, 0.3) is 10.1 Å². The first-order valence-electron chi connectivity index (χ1n) is 6.27.